The maximum absolute atomic E-state index is 4.85. The number of rotatable bonds is 3. The first-order valence-corrected chi connectivity index (χ1v) is 5.31. The van der Waals surface area contributed by atoms with Gasteiger partial charge in [0, 0.05) is 18.5 Å². The van der Waals surface area contributed by atoms with Crippen LogP contribution in [0, 0.1) is 6.92 Å². The molecule has 1 heterocycles. The van der Waals surface area contributed by atoms with Crippen LogP contribution >= 0.6 is 0 Å². The molecule has 76 valence electrons. The number of nitrogens with one attached hydrogen (secondary N) is 2. The summed E-state index contributed by atoms with van der Waals surface area (Å²) in [5.41, 5.74) is 2.93. The van der Waals surface area contributed by atoms with Crippen LogP contribution in [-0.4, -0.2) is 19.6 Å². The van der Waals surface area contributed by atoms with E-state index in [0.717, 1.165) is 19.6 Å². The van der Waals surface area contributed by atoms with Crippen LogP contribution < -0.4 is 68.2 Å². The Labute approximate surface area is 146 Å². The monoisotopic (exact) mass is 292 g/mol. The zero-order valence-corrected chi connectivity index (χ0v) is 15.1. The van der Waals surface area contributed by atoms with Gasteiger partial charge in [-0.1, -0.05) is 29.8 Å². The van der Waals surface area contributed by atoms with Gasteiger partial charge in [-0.15, -0.1) is 0 Å². The normalized spacial score (nSPS) is 17.7. The van der Waals surface area contributed by atoms with Crippen molar-refractivity contribution in [2.75, 3.05) is 19.6 Å². The topological polar surface area (TPSA) is 24.1 Å². The standard InChI is InChI=1S/C11H15N2S.Rb/c1-9-2-4-10(5-3-9)11(8-13-14)6-12-7-11;/h2-5,12-13H,6-8H2,1H3;/q-1;+1. The van der Waals surface area contributed by atoms with Crippen molar-refractivity contribution in [3.8, 4) is 0 Å². The van der Waals surface area contributed by atoms with Gasteiger partial charge in [0.25, 0.3) is 0 Å². The van der Waals surface area contributed by atoms with Crippen LogP contribution in [0.3, 0.4) is 0 Å². The van der Waals surface area contributed by atoms with Gasteiger partial charge < -0.3 is 22.9 Å². The van der Waals surface area contributed by atoms with Crippen molar-refractivity contribution in [1.82, 2.24) is 10.0 Å². The van der Waals surface area contributed by atoms with Gasteiger partial charge in [0.1, 0.15) is 0 Å². The van der Waals surface area contributed by atoms with E-state index >= 15 is 0 Å². The maximum atomic E-state index is 4.85. The molecule has 2 N–H and O–H groups in total. The molecule has 2 nitrogen and oxygen atoms in total. The molecule has 0 amide bonds. The molecule has 2 rings (SSSR count). The van der Waals surface area contributed by atoms with Gasteiger partial charge in [-0.3, -0.25) is 0 Å². The Morgan fingerprint density at radius 2 is 1.93 bits per heavy atom. The Bertz CT molecular complexity index is 309. The Balaban J connectivity index is 0.00000112. The Morgan fingerprint density at radius 3 is 2.33 bits per heavy atom. The molecule has 1 saturated heterocycles. The average molecular weight is 293 g/mol. The molecular weight excluding hydrogens is 278 g/mol. The predicted octanol–water partition coefficient (Wildman–Crippen LogP) is -2.11. The largest absolute Gasteiger partial charge is 1.00 e. The summed E-state index contributed by atoms with van der Waals surface area (Å²) < 4.78 is 2.87. The van der Waals surface area contributed by atoms with Gasteiger partial charge in [-0.05, 0) is 19.0 Å². The predicted molar refractivity (Wildman–Crippen MR) is 61.1 cm³/mol. The van der Waals surface area contributed by atoms with Crippen molar-refractivity contribution in [1.29, 1.82) is 0 Å². The summed E-state index contributed by atoms with van der Waals surface area (Å²) in [6, 6.07) is 8.75. The van der Waals surface area contributed by atoms with Gasteiger partial charge in [-0.2, -0.15) is 0 Å². The van der Waals surface area contributed by atoms with E-state index in [1.165, 1.54) is 11.1 Å². The van der Waals surface area contributed by atoms with Crippen LogP contribution in [-0.2, 0) is 18.2 Å². The minimum Gasteiger partial charge on any atom is -0.705 e. The molecule has 0 aliphatic carbocycles. The smallest absolute Gasteiger partial charge is 0.705 e. The first-order valence-electron chi connectivity index (χ1n) is 4.90. The summed E-state index contributed by atoms with van der Waals surface area (Å²) in [5, 5.41) is 3.31. The fourth-order valence-electron chi connectivity index (χ4n) is 1.90. The summed E-state index contributed by atoms with van der Waals surface area (Å²) in [6.07, 6.45) is 0. The average Bonchev–Trinajstić information content (AvgIpc) is 2.13. The molecule has 1 aromatic carbocycles. The molecule has 0 bridgehead atoms. The molecule has 1 fully saturated rings. The van der Waals surface area contributed by atoms with E-state index in [9.17, 15) is 0 Å². The zero-order valence-electron chi connectivity index (χ0n) is 9.34. The van der Waals surface area contributed by atoms with Crippen LogP contribution in [0.1, 0.15) is 11.1 Å². The summed E-state index contributed by atoms with van der Waals surface area (Å²) in [4.78, 5) is 0. The van der Waals surface area contributed by atoms with Gasteiger partial charge in [-0.25, -0.2) is 0 Å². The molecular formula is C11H15N2RbS. The molecule has 0 unspecified atom stereocenters. The first-order chi connectivity index (χ1) is 6.77. The van der Waals surface area contributed by atoms with Crippen LogP contribution in [0.4, 0.5) is 0 Å². The molecule has 0 saturated carbocycles. The molecule has 0 radical (unpaired) electrons. The van der Waals surface area contributed by atoms with Crippen molar-refractivity contribution in [3.63, 3.8) is 0 Å². The maximum Gasteiger partial charge on any atom is 1.00 e. The summed E-state index contributed by atoms with van der Waals surface area (Å²) in [7, 11) is 0. The van der Waals surface area contributed by atoms with E-state index in [1.807, 2.05) is 0 Å². The van der Waals surface area contributed by atoms with E-state index in [0.29, 0.717) is 0 Å². The molecule has 0 spiro atoms. The summed E-state index contributed by atoms with van der Waals surface area (Å²) in [6.45, 7) is 5.04. The van der Waals surface area contributed by atoms with Crippen LogP contribution in [0.5, 0.6) is 0 Å². The minimum absolute atomic E-state index is 0. The molecule has 0 aromatic heterocycles. The van der Waals surface area contributed by atoms with Crippen LogP contribution in [0.15, 0.2) is 24.3 Å². The molecule has 1 aromatic rings. The molecule has 0 atom stereocenters. The van der Waals surface area contributed by atoms with Crippen molar-refractivity contribution in [2.45, 2.75) is 12.3 Å². The second-order valence-corrected chi connectivity index (χ2v) is 4.36. The fraction of sp³-hybridized carbons (Fsp3) is 0.455. The SMILES string of the molecule is Cc1ccc(C2(CN[S-])CNC2)cc1.[Rb+]. The van der Waals surface area contributed by atoms with Crippen molar-refractivity contribution in [3.05, 3.63) is 35.4 Å². The third-order valence-corrected chi connectivity index (χ3v) is 3.15. The van der Waals surface area contributed by atoms with E-state index < -0.39 is 0 Å². The fourth-order valence-corrected chi connectivity index (χ4v) is 2.18. The van der Waals surface area contributed by atoms with Crippen molar-refractivity contribution < 1.29 is 58.2 Å². The van der Waals surface area contributed by atoms with Gasteiger partial charge in [0.2, 0.25) is 0 Å². The first kappa shape index (κ1) is 14.4. The number of hydrogen-bond acceptors (Lipinski definition) is 3. The molecule has 15 heavy (non-hydrogen) atoms. The van der Waals surface area contributed by atoms with E-state index in [2.05, 4.69) is 41.2 Å². The van der Waals surface area contributed by atoms with Gasteiger partial charge in [0.15, 0.2) is 0 Å². The van der Waals surface area contributed by atoms with Crippen LogP contribution in [0.2, 0.25) is 0 Å². The minimum atomic E-state index is 0. The van der Waals surface area contributed by atoms with E-state index in [-0.39, 0.29) is 63.6 Å². The molecule has 4 heteroatoms. The van der Waals surface area contributed by atoms with E-state index in [1.54, 1.807) is 0 Å². The van der Waals surface area contributed by atoms with Gasteiger partial charge in [0.05, 0.1) is 0 Å². The number of hydrogen-bond donors (Lipinski definition) is 2. The Hall–Kier alpha value is 1.30. The zero-order chi connectivity index (χ0) is 10.0. The third kappa shape index (κ3) is 3.15. The molecule has 1 aliphatic heterocycles. The second-order valence-electron chi connectivity index (χ2n) is 4.07. The van der Waals surface area contributed by atoms with Crippen molar-refractivity contribution in [2.24, 2.45) is 0 Å². The van der Waals surface area contributed by atoms with Crippen LogP contribution in [0.25, 0.3) is 0 Å². The Morgan fingerprint density at radius 1 is 1.33 bits per heavy atom. The summed E-state index contributed by atoms with van der Waals surface area (Å²) >= 11 is 4.85. The number of aryl methyl sites for hydroxylation is 1. The van der Waals surface area contributed by atoms with E-state index in [4.69, 9.17) is 12.8 Å². The summed E-state index contributed by atoms with van der Waals surface area (Å²) in [5.74, 6) is 0. The van der Waals surface area contributed by atoms with Crippen molar-refractivity contribution >= 4 is 12.8 Å². The quantitative estimate of drug-likeness (QED) is 0.624. The second kappa shape index (κ2) is 6.29. The Kier molecular flexibility index (Phi) is 6.02. The number of benzene rings is 1. The van der Waals surface area contributed by atoms with Gasteiger partial charge >= 0.3 is 58.2 Å². The molecule has 1 aliphatic rings. The third-order valence-electron chi connectivity index (χ3n) is 3.00.